The number of alkyl halides is 3. The van der Waals surface area contributed by atoms with E-state index in [0.29, 0.717) is 16.3 Å². The number of hydrogen-bond donors (Lipinski definition) is 1. The summed E-state index contributed by atoms with van der Waals surface area (Å²) in [5, 5.41) is 4.01. The lowest BCUT2D eigenvalue weighted by Crippen LogP contribution is -2.07. The van der Waals surface area contributed by atoms with Gasteiger partial charge in [0.1, 0.15) is 0 Å². The second-order valence-electron chi connectivity index (χ2n) is 5.08. The van der Waals surface area contributed by atoms with Gasteiger partial charge in [-0.3, -0.25) is 0 Å². The summed E-state index contributed by atoms with van der Waals surface area (Å²) in [7, 11) is 0. The molecule has 1 unspecified atom stereocenters. The first-order chi connectivity index (χ1) is 11.8. The van der Waals surface area contributed by atoms with Crippen LogP contribution in [-0.2, 0) is 17.3 Å². The van der Waals surface area contributed by atoms with Crippen LogP contribution in [-0.4, -0.2) is 18.5 Å². The van der Waals surface area contributed by atoms with Crippen molar-refractivity contribution in [2.24, 2.45) is 0 Å². The Morgan fingerprint density at radius 1 is 1.08 bits per heavy atom. The molecule has 0 saturated heterocycles. The Labute approximate surface area is 148 Å². The van der Waals surface area contributed by atoms with Crippen molar-refractivity contribution in [1.29, 1.82) is 0 Å². The van der Waals surface area contributed by atoms with Crippen molar-refractivity contribution in [3.8, 4) is 16.9 Å². The van der Waals surface area contributed by atoms with Crippen LogP contribution in [0.5, 0.6) is 0 Å². The molecule has 9 heteroatoms. The summed E-state index contributed by atoms with van der Waals surface area (Å²) in [6.07, 6.45) is -4.61. The summed E-state index contributed by atoms with van der Waals surface area (Å²) in [5.41, 5.74) is -0.0767. The molecule has 0 aliphatic carbocycles. The highest BCUT2D eigenvalue weighted by atomic mass is 35.5. The minimum atomic E-state index is -4.61. The lowest BCUT2D eigenvalue weighted by molar-refractivity contribution is -0.141. The summed E-state index contributed by atoms with van der Waals surface area (Å²) in [6, 6.07) is 12.9. The lowest BCUT2D eigenvalue weighted by atomic mass is 10.1. The zero-order valence-electron chi connectivity index (χ0n) is 12.4. The van der Waals surface area contributed by atoms with Gasteiger partial charge in [0, 0.05) is 10.6 Å². The van der Waals surface area contributed by atoms with Gasteiger partial charge in [0.25, 0.3) is 0 Å². The zero-order chi connectivity index (χ0) is 18.2. The normalized spacial score (nSPS) is 13.0. The highest BCUT2D eigenvalue weighted by Gasteiger charge is 2.35. The molecule has 0 fully saturated rings. The predicted molar refractivity (Wildman–Crippen MR) is 88.0 cm³/mol. The van der Waals surface area contributed by atoms with Crippen LogP contribution < -0.4 is 0 Å². The maximum Gasteiger partial charge on any atom is 0.435 e. The molecule has 3 aromatic rings. The molecule has 1 heterocycles. The number of rotatable bonds is 3. The summed E-state index contributed by atoms with van der Waals surface area (Å²) >= 11 is 3.75. The van der Waals surface area contributed by atoms with Crippen molar-refractivity contribution in [2.75, 3.05) is 0 Å². The Balaban J connectivity index is 2.17. The molecule has 0 bridgehead atoms. The van der Waals surface area contributed by atoms with Crippen LogP contribution in [0.25, 0.3) is 16.9 Å². The first-order valence-electron chi connectivity index (χ1n) is 6.90. The van der Waals surface area contributed by atoms with Crippen LogP contribution in [0.2, 0.25) is 5.02 Å². The monoisotopic (exact) mass is 386 g/mol. The summed E-state index contributed by atoms with van der Waals surface area (Å²) < 4.78 is 60.5. The van der Waals surface area contributed by atoms with E-state index in [1.165, 1.54) is 30.3 Å². The minimum absolute atomic E-state index is 0.147. The SMILES string of the molecule is O=S(O)c1ccc(-c2cc(C(F)(F)F)nn2-c2cccc(Cl)c2)cc1. The average molecular weight is 387 g/mol. The Kier molecular flexibility index (Phi) is 4.68. The number of aromatic nitrogens is 2. The van der Waals surface area contributed by atoms with Gasteiger partial charge in [-0.1, -0.05) is 29.8 Å². The van der Waals surface area contributed by atoms with E-state index in [0.717, 1.165) is 10.7 Å². The van der Waals surface area contributed by atoms with Crippen molar-refractivity contribution in [3.63, 3.8) is 0 Å². The molecule has 0 radical (unpaired) electrons. The second kappa shape index (κ2) is 6.62. The van der Waals surface area contributed by atoms with E-state index in [1.54, 1.807) is 18.2 Å². The van der Waals surface area contributed by atoms with Gasteiger partial charge in [0.2, 0.25) is 0 Å². The van der Waals surface area contributed by atoms with Crippen LogP contribution in [0, 0.1) is 0 Å². The van der Waals surface area contributed by atoms with Crippen molar-refractivity contribution in [1.82, 2.24) is 9.78 Å². The van der Waals surface area contributed by atoms with Crippen LogP contribution in [0.15, 0.2) is 59.5 Å². The zero-order valence-corrected chi connectivity index (χ0v) is 13.9. The molecule has 1 atom stereocenters. The second-order valence-corrected chi connectivity index (χ2v) is 6.48. The summed E-state index contributed by atoms with van der Waals surface area (Å²) in [5.74, 6) is 0. The number of hydrogen-bond acceptors (Lipinski definition) is 2. The highest BCUT2D eigenvalue weighted by Crippen LogP contribution is 2.33. The van der Waals surface area contributed by atoms with Crippen LogP contribution in [0.4, 0.5) is 13.2 Å². The molecule has 1 aromatic heterocycles. The largest absolute Gasteiger partial charge is 0.435 e. The standard InChI is InChI=1S/C16H10ClF3N2O2S/c17-11-2-1-3-12(8-11)22-14(9-15(21-22)16(18,19)20)10-4-6-13(7-5-10)25(23)24/h1-9H,(H,23,24). The number of benzene rings is 2. The van der Waals surface area contributed by atoms with Gasteiger partial charge in [-0.25, -0.2) is 8.89 Å². The topological polar surface area (TPSA) is 55.1 Å². The maximum atomic E-state index is 13.1. The van der Waals surface area contributed by atoms with Crippen LogP contribution in [0.1, 0.15) is 5.69 Å². The van der Waals surface area contributed by atoms with Gasteiger partial charge in [-0.05, 0) is 36.4 Å². The van der Waals surface area contributed by atoms with Gasteiger partial charge < -0.3 is 4.55 Å². The smallest absolute Gasteiger partial charge is 0.302 e. The van der Waals surface area contributed by atoms with E-state index in [1.807, 2.05) is 0 Å². The van der Waals surface area contributed by atoms with E-state index >= 15 is 0 Å². The quantitative estimate of drug-likeness (QED) is 0.658. The molecular formula is C16H10ClF3N2O2S. The van der Waals surface area contributed by atoms with E-state index in [9.17, 15) is 17.4 Å². The molecule has 4 nitrogen and oxygen atoms in total. The number of nitrogens with zero attached hydrogens (tertiary/aromatic N) is 2. The fraction of sp³-hybridized carbons (Fsp3) is 0.0625. The molecular weight excluding hydrogens is 377 g/mol. The molecule has 0 spiro atoms. The van der Waals surface area contributed by atoms with Gasteiger partial charge in [-0.15, -0.1) is 0 Å². The van der Waals surface area contributed by atoms with Crippen molar-refractivity contribution in [2.45, 2.75) is 11.1 Å². The summed E-state index contributed by atoms with van der Waals surface area (Å²) in [4.78, 5) is 0.147. The molecule has 3 rings (SSSR count). The van der Waals surface area contributed by atoms with E-state index in [4.69, 9.17) is 16.2 Å². The third kappa shape index (κ3) is 3.76. The van der Waals surface area contributed by atoms with Gasteiger partial charge in [0.15, 0.2) is 16.8 Å². The third-order valence-electron chi connectivity index (χ3n) is 3.40. The molecule has 0 aliphatic rings. The lowest BCUT2D eigenvalue weighted by Gasteiger charge is -2.08. The molecule has 25 heavy (non-hydrogen) atoms. The molecule has 0 amide bonds. The maximum absolute atomic E-state index is 13.1. The molecule has 130 valence electrons. The first kappa shape index (κ1) is 17.7. The van der Waals surface area contributed by atoms with E-state index in [2.05, 4.69) is 5.10 Å². The Morgan fingerprint density at radius 2 is 1.76 bits per heavy atom. The first-order valence-corrected chi connectivity index (χ1v) is 8.38. The van der Waals surface area contributed by atoms with Gasteiger partial charge in [-0.2, -0.15) is 18.3 Å². The molecule has 2 aromatic carbocycles. The fourth-order valence-corrected chi connectivity index (χ4v) is 2.83. The molecule has 1 N–H and O–H groups in total. The highest BCUT2D eigenvalue weighted by molar-refractivity contribution is 7.79. The van der Waals surface area contributed by atoms with Crippen molar-refractivity contribution in [3.05, 3.63) is 65.3 Å². The fourth-order valence-electron chi connectivity index (χ4n) is 2.27. The predicted octanol–water partition coefficient (Wildman–Crippen LogP) is 4.79. The Morgan fingerprint density at radius 3 is 2.32 bits per heavy atom. The van der Waals surface area contributed by atoms with Crippen molar-refractivity contribution < 1.29 is 21.9 Å². The minimum Gasteiger partial charge on any atom is -0.302 e. The number of halogens is 4. The summed E-state index contributed by atoms with van der Waals surface area (Å²) in [6.45, 7) is 0. The Bertz CT molecular complexity index is 939. The molecule has 0 saturated carbocycles. The third-order valence-corrected chi connectivity index (χ3v) is 4.31. The molecule has 0 aliphatic heterocycles. The van der Waals surface area contributed by atoms with E-state index < -0.39 is 23.0 Å². The average Bonchev–Trinajstić information content (AvgIpc) is 3.00. The van der Waals surface area contributed by atoms with E-state index in [-0.39, 0.29) is 10.6 Å². The van der Waals surface area contributed by atoms with Gasteiger partial charge in [0.05, 0.1) is 16.3 Å². The van der Waals surface area contributed by atoms with Crippen LogP contribution >= 0.6 is 11.6 Å². The van der Waals surface area contributed by atoms with Gasteiger partial charge >= 0.3 is 6.18 Å². The van der Waals surface area contributed by atoms with Crippen LogP contribution in [0.3, 0.4) is 0 Å². The Hall–Kier alpha value is -2.16. The van der Waals surface area contributed by atoms with Crippen molar-refractivity contribution >= 4 is 22.7 Å².